The summed E-state index contributed by atoms with van der Waals surface area (Å²) in [6.07, 6.45) is 0.209. The fourth-order valence-electron chi connectivity index (χ4n) is 2.64. The van der Waals surface area contributed by atoms with Crippen LogP contribution < -0.4 is 5.32 Å². The Morgan fingerprint density at radius 2 is 2.14 bits per heavy atom. The van der Waals surface area contributed by atoms with Crippen molar-refractivity contribution in [3.63, 3.8) is 0 Å². The highest BCUT2D eigenvalue weighted by molar-refractivity contribution is 7.13. The van der Waals surface area contributed by atoms with Gasteiger partial charge in [-0.05, 0) is 5.56 Å². The third-order valence-electron chi connectivity index (χ3n) is 3.65. The fraction of sp³-hybridized carbons (Fsp3) is 0.286. The Morgan fingerprint density at radius 3 is 2.81 bits per heavy atom. The molecule has 1 fully saturated rings. The molecule has 3 rings (SSSR count). The Labute approximate surface area is 125 Å². The smallest absolute Gasteiger partial charge is 0.232 e. The van der Waals surface area contributed by atoms with E-state index in [-0.39, 0.29) is 24.3 Å². The van der Waals surface area contributed by atoms with E-state index in [9.17, 15) is 9.59 Å². The molecule has 7 heteroatoms. The van der Waals surface area contributed by atoms with Crippen molar-refractivity contribution in [1.29, 1.82) is 0 Å². The summed E-state index contributed by atoms with van der Waals surface area (Å²) in [5.41, 5.74) is 2.51. The number of amides is 2. The number of anilines is 1. The quantitative estimate of drug-likeness (QED) is 0.936. The zero-order chi connectivity index (χ0) is 14.8. The van der Waals surface area contributed by atoms with Gasteiger partial charge in [-0.2, -0.15) is 0 Å². The van der Waals surface area contributed by atoms with Gasteiger partial charge in [0.2, 0.25) is 16.9 Å². The van der Waals surface area contributed by atoms with Gasteiger partial charge in [0.1, 0.15) is 5.51 Å². The average molecular weight is 302 g/mol. The highest BCUT2D eigenvalue weighted by Gasteiger charge is 2.42. The Kier molecular flexibility index (Phi) is 3.66. The van der Waals surface area contributed by atoms with Crippen LogP contribution in [0.4, 0.5) is 5.13 Å². The van der Waals surface area contributed by atoms with Gasteiger partial charge in [0.05, 0.1) is 12.0 Å². The molecule has 1 aromatic heterocycles. The van der Waals surface area contributed by atoms with Crippen LogP contribution in [0.25, 0.3) is 0 Å². The molecule has 1 aliphatic heterocycles. The number of rotatable bonds is 3. The minimum atomic E-state index is -0.422. The molecule has 108 valence electrons. The first-order chi connectivity index (χ1) is 10.2. The van der Waals surface area contributed by atoms with Crippen molar-refractivity contribution in [2.75, 3.05) is 12.4 Å². The summed E-state index contributed by atoms with van der Waals surface area (Å²) in [5.74, 6) is -0.645. The lowest BCUT2D eigenvalue weighted by molar-refractivity contribution is -0.127. The van der Waals surface area contributed by atoms with E-state index in [0.29, 0.717) is 5.13 Å². The van der Waals surface area contributed by atoms with E-state index in [1.54, 1.807) is 17.5 Å². The molecule has 0 aliphatic carbocycles. The van der Waals surface area contributed by atoms with Gasteiger partial charge in [-0.15, -0.1) is 10.2 Å². The zero-order valence-corrected chi connectivity index (χ0v) is 12.2. The third kappa shape index (κ3) is 2.64. The Hall–Kier alpha value is -2.28. The second-order valence-electron chi connectivity index (χ2n) is 4.90. The lowest BCUT2D eigenvalue weighted by Gasteiger charge is -2.24. The Balaban J connectivity index is 1.85. The summed E-state index contributed by atoms with van der Waals surface area (Å²) in [4.78, 5) is 26.1. The summed E-state index contributed by atoms with van der Waals surface area (Å²) >= 11 is 1.26. The third-order valence-corrected chi connectivity index (χ3v) is 4.26. The van der Waals surface area contributed by atoms with Crippen LogP contribution in [-0.4, -0.2) is 34.0 Å². The second kappa shape index (κ2) is 5.61. The van der Waals surface area contributed by atoms with Gasteiger partial charge in [-0.3, -0.25) is 9.59 Å². The van der Waals surface area contributed by atoms with E-state index in [1.807, 2.05) is 30.3 Å². The van der Waals surface area contributed by atoms with Gasteiger partial charge in [-0.1, -0.05) is 41.7 Å². The summed E-state index contributed by atoms with van der Waals surface area (Å²) in [6, 6.07) is 9.36. The Bertz CT molecular complexity index is 644. The predicted molar refractivity (Wildman–Crippen MR) is 78.6 cm³/mol. The van der Waals surface area contributed by atoms with Crippen molar-refractivity contribution in [1.82, 2.24) is 15.1 Å². The number of nitrogens with one attached hydrogen (secondary N) is 1. The van der Waals surface area contributed by atoms with Crippen molar-refractivity contribution >= 4 is 28.3 Å². The molecule has 2 heterocycles. The van der Waals surface area contributed by atoms with E-state index in [2.05, 4.69) is 15.5 Å². The SMILES string of the molecule is CN1C(=O)C[C@@H](C(=O)Nc2nncs2)[C@@H]1c1ccccc1. The second-order valence-corrected chi connectivity index (χ2v) is 5.74. The number of hydrogen-bond acceptors (Lipinski definition) is 5. The minimum absolute atomic E-state index is 0.0266. The maximum absolute atomic E-state index is 12.4. The predicted octanol–water partition coefficient (Wildman–Crippen LogP) is 1.70. The van der Waals surface area contributed by atoms with Crippen LogP contribution >= 0.6 is 11.3 Å². The summed E-state index contributed by atoms with van der Waals surface area (Å²) in [5, 5.41) is 10.7. The lowest BCUT2D eigenvalue weighted by atomic mass is 9.93. The largest absolute Gasteiger partial charge is 0.338 e. The van der Waals surface area contributed by atoms with E-state index in [4.69, 9.17) is 0 Å². The average Bonchev–Trinajstić information content (AvgIpc) is 3.09. The van der Waals surface area contributed by atoms with Crippen molar-refractivity contribution in [2.45, 2.75) is 12.5 Å². The van der Waals surface area contributed by atoms with Gasteiger partial charge in [0, 0.05) is 13.5 Å². The number of likely N-dealkylation sites (tertiary alicyclic amines) is 1. The van der Waals surface area contributed by atoms with Crippen LogP contribution in [0.5, 0.6) is 0 Å². The molecule has 1 aliphatic rings. The van der Waals surface area contributed by atoms with Gasteiger partial charge < -0.3 is 10.2 Å². The molecule has 0 spiro atoms. The molecule has 21 heavy (non-hydrogen) atoms. The molecule has 0 saturated carbocycles. The summed E-state index contributed by atoms with van der Waals surface area (Å²) in [7, 11) is 1.73. The van der Waals surface area contributed by atoms with Gasteiger partial charge >= 0.3 is 0 Å². The van der Waals surface area contributed by atoms with Gasteiger partial charge in [-0.25, -0.2) is 0 Å². The van der Waals surface area contributed by atoms with Crippen molar-refractivity contribution in [3.8, 4) is 0 Å². The lowest BCUT2D eigenvalue weighted by Crippen LogP contribution is -2.29. The molecule has 0 unspecified atom stereocenters. The normalized spacial score (nSPS) is 21.6. The highest BCUT2D eigenvalue weighted by atomic mass is 32.1. The topological polar surface area (TPSA) is 75.2 Å². The number of nitrogens with zero attached hydrogens (tertiary/aromatic N) is 3. The maximum atomic E-state index is 12.4. The van der Waals surface area contributed by atoms with Crippen LogP contribution in [0.2, 0.25) is 0 Å². The summed E-state index contributed by atoms with van der Waals surface area (Å²) in [6.45, 7) is 0. The highest BCUT2D eigenvalue weighted by Crippen LogP contribution is 2.37. The van der Waals surface area contributed by atoms with Crippen molar-refractivity contribution < 1.29 is 9.59 Å². The first-order valence-corrected chi connectivity index (χ1v) is 7.42. The van der Waals surface area contributed by atoms with Crippen LogP contribution in [0.3, 0.4) is 0 Å². The number of aromatic nitrogens is 2. The van der Waals surface area contributed by atoms with Crippen molar-refractivity contribution in [3.05, 3.63) is 41.4 Å². The number of hydrogen-bond donors (Lipinski definition) is 1. The maximum Gasteiger partial charge on any atom is 0.232 e. The number of carbonyl (C=O) groups is 2. The van der Waals surface area contributed by atoms with Gasteiger partial charge in [0.25, 0.3) is 0 Å². The van der Waals surface area contributed by atoms with E-state index in [1.165, 1.54) is 11.3 Å². The first kappa shape index (κ1) is 13.7. The first-order valence-electron chi connectivity index (χ1n) is 6.54. The molecular formula is C14H14N4O2S. The van der Waals surface area contributed by atoms with Crippen LogP contribution in [0.15, 0.2) is 35.8 Å². The molecule has 2 amide bonds. The molecule has 1 saturated heterocycles. The summed E-state index contributed by atoms with van der Waals surface area (Å²) < 4.78 is 0. The Morgan fingerprint density at radius 1 is 1.38 bits per heavy atom. The van der Waals surface area contributed by atoms with Crippen molar-refractivity contribution in [2.24, 2.45) is 5.92 Å². The standard InChI is InChI=1S/C14H14N4O2S/c1-18-11(19)7-10(12(18)9-5-3-2-4-6-9)13(20)16-14-17-15-8-21-14/h2-6,8,10,12H,7H2,1H3,(H,16,17,20)/t10-,12+/m1/s1. The minimum Gasteiger partial charge on any atom is -0.338 e. The van der Waals surface area contributed by atoms with E-state index < -0.39 is 5.92 Å². The van der Waals surface area contributed by atoms with Crippen LogP contribution in [-0.2, 0) is 9.59 Å². The van der Waals surface area contributed by atoms with Gasteiger partial charge in [0.15, 0.2) is 0 Å². The van der Waals surface area contributed by atoms with E-state index >= 15 is 0 Å². The molecule has 1 N–H and O–H groups in total. The zero-order valence-electron chi connectivity index (χ0n) is 11.4. The fourth-order valence-corrected chi connectivity index (χ4v) is 3.08. The number of benzene rings is 1. The molecule has 2 aromatic rings. The van der Waals surface area contributed by atoms with E-state index in [0.717, 1.165) is 5.56 Å². The molecule has 2 atom stereocenters. The molecular weight excluding hydrogens is 288 g/mol. The molecule has 0 radical (unpaired) electrons. The molecule has 1 aromatic carbocycles. The van der Waals surface area contributed by atoms with Crippen LogP contribution in [0, 0.1) is 5.92 Å². The number of carbonyl (C=O) groups excluding carboxylic acids is 2. The monoisotopic (exact) mass is 302 g/mol. The molecule has 0 bridgehead atoms. The molecule has 6 nitrogen and oxygen atoms in total. The van der Waals surface area contributed by atoms with Crippen LogP contribution in [0.1, 0.15) is 18.0 Å².